The Morgan fingerprint density at radius 1 is 1.05 bits per heavy atom. The molecule has 0 saturated heterocycles. The van der Waals surface area contributed by atoms with Crippen LogP contribution in [0.25, 0.3) is 10.9 Å². The van der Waals surface area contributed by atoms with Crippen molar-refractivity contribution in [3.8, 4) is 0 Å². The van der Waals surface area contributed by atoms with Gasteiger partial charge in [0.2, 0.25) is 0 Å². The lowest BCUT2D eigenvalue weighted by molar-refractivity contribution is 0.155. The number of hydrogen-bond acceptors (Lipinski definition) is 3. The van der Waals surface area contributed by atoms with Crippen LogP contribution in [0.5, 0.6) is 0 Å². The maximum Gasteiger partial charge on any atom is 0.0873 e. The molecule has 3 heteroatoms. The Morgan fingerprint density at radius 3 is 2.90 bits per heavy atom. The van der Waals surface area contributed by atoms with Crippen LogP contribution in [0.1, 0.15) is 23.1 Å². The molecule has 4 rings (SSSR count). The summed E-state index contributed by atoms with van der Waals surface area (Å²) in [5.41, 5.74) is 3.17. The van der Waals surface area contributed by atoms with Crippen LogP contribution in [0, 0.1) is 0 Å². The van der Waals surface area contributed by atoms with Crippen molar-refractivity contribution in [3.05, 3.63) is 71.9 Å². The first-order chi connectivity index (χ1) is 10.3. The van der Waals surface area contributed by atoms with Gasteiger partial charge >= 0.3 is 0 Å². The molecule has 0 fully saturated rings. The summed E-state index contributed by atoms with van der Waals surface area (Å²) in [5, 5.41) is 12.0. The van der Waals surface area contributed by atoms with Gasteiger partial charge in [-0.05, 0) is 29.3 Å². The first-order valence-electron chi connectivity index (χ1n) is 7.08. The number of aliphatic hydroxyl groups is 1. The van der Waals surface area contributed by atoms with Crippen LogP contribution in [0.4, 0.5) is 0 Å². The first-order valence-corrected chi connectivity index (χ1v) is 8.06. The van der Waals surface area contributed by atoms with Crippen LogP contribution < -0.4 is 0 Å². The van der Waals surface area contributed by atoms with Gasteiger partial charge in [-0.1, -0.05) is 36.4 Å². The predicted octanol–water partition coefficient (Wildman–Crippen LogP) is 4.16. The van der Waals surface area contributed by atoms with Crippen LogP contribution in [0.15, 0.2) is 65.7 Å². The summed E-state index contributed by atoms with van der Waals surface area (Å²) in [6.07, 6.45) is 1.30. The average Bonchev–Trinajstić information content (AvgIpc) is 2.98. The highest BCUT2D eigenvalue weighted by molar-refractivity contribution is 7.99. The highest BCUT2D eigenvalue weighted by Gasteiger charge is 2.30. The van der Waals surface area contributed by atoms with E-state index in [2.05, 4.69) is 29.2 Å². The molecule has 1 aliphatic rings. The third kappa shape index (κ3) is 2.13. The predicted molar refractivity (Wildman–Crippen MR) is 86.6 cm³/mol. The number of aromatic nitrogens is 1. The Morgan fingerprint density at radius 2 is 1.95 bits per heavy atom. The van der Waals surface area contributed by atoms with Gasteiger partial charge in [-0.2, -0.15) is 0 Å². The normalized spacial score (nSPS) is 18.6. The number of hydrogen-bond donors (Lipinski definition) is 1. The lowest BCUT2D eigenvalue weighted by Gasteiger charge is -2.20. The Hall–Kier alpha value is -1.84. The van der Waals surface area contributed by atoms with Crippen LogP contribution in [0.3, 0.4) is 0 Å². The van der Waals surface area contributed by atoms with Crippen molar-refractivity contribution in [3.63, 3.8) is 0 Å². The summed E-state index contributed by atoms with van der Waals surface area (Å²) in [5.74, 6) is 1.08. The van der Waals surface area contributed by atoms with E-state index in [1.54, 1.807) is 6.20 Å². The van der Waals surface area contributed by atoms with E-state index in [0.29, 0.717) is 0 Å². The number of fused-ring (bicyclic) bond motifs is 2. The van der Waals surface area contributed by atoms with E-state index in [1.807, 2.05) is 42.1 Å². The highest BCUT2D eigenvalue weighted by Crippen LogP contribution is 2.46. The molecule has 0 bridgehead atoms. The minimum atomic E-state index is -0.492. The monoisotopic (exact) mass is 293 g/mol. The molecule has 3 aromatic rings. The number of nitrogens with zero attached hydrogens (tertiary/aromatic N) is 1. The molecule has 0 saturated carbocycles. The molecule has 0 radical (unpaired) electrons. The molecule has 1 aliphatic heterocycles. The van der Waals surface area contributed by atoms with Crippen molar-refractivity contribution in [1.29, 1.82) is 0 Å². The summed E-state index contributed by atoms with van der Waals surface area (Å²) >= 11 is 1.83. The molecular weight excluding hydrogens is 278 g/mol. The van der Waals surface area contributed by atoms with Crippen molar-refractivity contribution in [2.45, 2.75) is 16.9 Å². The molecule has 21 heavy (non-hydrogen) atoms. The molecule has 2 heterocycles. The molecule has 2 aromatic carbocycles. The summed E-state index contributed by atoms with van der Waals surface area (Å²) in [6, 6.07) is 18.3. The zero-order valence-corrected chi connectivity index (χ0v) is 12.3. The fourth-order valence-corrected chi connectivity index (χ4v) is 4.33. The maximum absolute atomic E-state index is 10.9. The molecular formula is C18H15NOS. The van der Waals surface area contributed by atoms with Gasteiger partial charge in [0.05, 0.1) is 11.6 Å². The Labute approximate surface area is 127 Å². The minimum absolute atomic E-state index is 0.150. The van der Waals surface area contributed by atoms with E-state index in [-0.39, 0.29) is 5.92 Å². The largest absolute Gasteiger partial charge is 0.388 e. The number of pyridine rings is 1. The van der Waals surface area contributed by atoms with Crippen molar-refractivity contribution in [1.82, 2.24) is 4.98 Å². The van der Waals surface area contributed by atoms with E-state index in [4.69, 9.17) is 0 Å². The molecule has 0 spiro atoms. The summed E-state index contributed by atoms with van der Waals surface area (Å²) in [6.45, 7) is 0. The van der Waals surface area contributed by atoms with E-state index in [0.717, 1.165) is 22.2 Å². The van der Waals surface area contributed by atoms with Gasteiger partial charge in [-0.15, -0.1) is 11.8 Å². The lowest BCUT2D eigenvalue weighted by atomic mass is 9.89. The fourth-order valence-electron chi connectivity index (χ4n) is 3.05. The average molecular weight is 293 g/mol. The second-order valence-corrected chi connectivity index (χ2v) is 6.38. The lowest BCUT2D eigenvalue weighted by Crippen LogP contribution is -2.11. The van der Waals surface area contributed by atoms with E-state index in [9.17, 15) is 5.11 Å². The van der Waals surface area contributed by atoms with Gasteiger partial charge in [0.15, 0.2) is 0 Å². The third-order valence-corrected chi connectivity index (χ3v) is 5.32. The van der Waals surface area contributed by atoms with Gasteiger partial charge in [-0.3, -0.25) is 4.98 Å². The molecule has 1 aromatic heterocycles. The quantitative estimate of drug-likeness (QED) is 0.770. The van der Waals surface area contributed by atoms with Crippen LogP contribution in [-0.4, -0.2) is 15.8 Å². The van der Waals surface area contributed by atoms with Gasteiger partial charge in [0.1, 0.15) is 0 Å². The van der Waals surface area contributed by atoms with Crippen molar-refractivity contribution < 1.29 is 5.11 Å². The molecule has 104 valence electrons. The van der Waals surface area contributed by atoms with Crippen LogP contribution >= 0.6 is 11.8 Å². The second-order valence-electron chi connectivity index (χ2n) is 5.32. The third-order valence-electron chi connectivity index (χ3n) is 4.12. The van der Waals surface area contributed by atoms with Crippen molar-refractivity contribution >= 4 is 22.7 Å². The number of thioether (sulfide) groups is 1. The van der Waals surface area contributed by atoms with E-state index >= 15 is 0 Å². The SMILES string of the molecule is OC(c1cccc2ncccc12)C1CSc2ccccc21. The fraction of sp³-hybridized carbons (Fsp3) is 0.167. The van der Waals surface area contributed by atoms with Crippen molar-refractivity contribution in [2.24, 2.45) is 0 Å². The van der Waals surface area contributed by atoms with Gasteiger partial charge in [0.25, 0.3) is 0 Å². The van der Waals surface area contributed by atoms with E-state index < -0.39 is 6.10 Å². The summed E-state index contributed by atoms with van der Waals surface area (Å²) in [7, 11) is 0. The molecule has 0 amide bonds. The standard InChI is InChI=1S/C18H15NOS/c20-18(15-11-21-17-9-2-1-5-13(15)17)14-6-3-8-16-12(14)7-4-10-19-16/h1-10,15,18,20H,11H2. The first kappa shape index (κ1) is 12.9. The summed E-state index contributed by atoms with van der Waals surface area (Å²) < 4.78 is 0. The highest BCUT2D eigenvalue weighted by atomic mass is 32.2. The van der Waals surface area contributed by atoms with Gasteiger partial charge in [-0.25, -0.2) is 0 Å². The molecule has 2 nitrogen and oxygen atoms in total. The molecule has 2 unspecified atom stereocenters. The topological polar surface area (TPSA) is 33.1 Å². The Balaban J connectivity index is 1.80. The molecule has 0 aliphatic carbocycles. The van der Waals surface area contributed by atoms with Crippen LogP contribution in [0.2, 0.25) is 0 Å². The zero-order valence-electron chi connectivity index (χ0n) is 11.4. The van der Waals surface area contributed by atoms with Crippen molar-refractivity contribution in [2.75, 3.05) is 5.75 Å². The van der Waals surface area contributed by atoms with Crippen LogP contribution in [-0.2, 0) is 0 Å². The smallest absolute Gasteiger partial charge is 0.0873 e. The summed E-state index contributed by atoms with van der Waals surface area (Å²) in [4.78, 5) is 5.67. The molecule has 2 atom stereocenters. The maximum atomic E-state index is 10.9. The second kappa shape index (κ2) is 5.17. The number of aliphatic hydroxyl groups excluding tert-OH is 1. The number of rotatable bonds is 2. The minimum Gasteiger partial charge on any atom is -0.388 e. The van der Waals surface area contributed by atoms with E-state index in [1.165, 1.54) is 10.5 Å². The number of benzene rings is 2. The van der Waals surface area contributed by atoms with Gasteiger partial charge < -0.3 is 5.11 Å². The van der Waals surface area contributed by atoms with Gasteiger partial charge in [0, 0.05) is 28.1 Å². The molecule has 1 N–H and O–H groups in total. The Bertz CT molecular complexity index is 797. The Kier molecular flexibility index (Phi) is 3.17. The zero-order chi connectivity index (χ0) is 14.2.